The molecule has 0 bridgehead atoms. The van der Waals surface area contributed by atoms with Crippen molar-refractivity contribution in [1.82, 2.24) is 37.2 Å². The number of hydrogen-bond acceptors (Lipinski definition) is 36. The number of esters is 5. The van der Waals surface area contributed by atoms with E-state index in [-0.39, 0.29) is 83.3 Å². The van der Waals surface area contributed by atoms with Gasteiger partial charge in [-0.05, 0) is 11.8 Å². The SMILES string of the molecule is COP(=O)(O)OCCC(=O)CC(=O)CCO[C@@H]1OC(COCCC(=O)NCC(=O)CCO[C@@H]2OC(COC(C)=O)[C@H](OC(C)=O)[C@H](C)C2NC(C)=O)[C@H](OCCC(=O)NCC(=O)CCO[C@@H]2OC(COC(C)=O)[C@H](OC(C)=O)[C@H](C)C2NC(C)=O)[C@H](OCCC(=O)NCC(=O)CCO[C@@H]2OC(COC(C)=O)[C@H](C)[C@H](C)C2NC(C)=O)C1NC(C)=O. The van der Waals surface area contributed by atoms with Crippen LogP contribution in [0.4, 0.5) is 0 Å². The lowest BCUT2D eigenvalue weighted by Gasteiger charge is -2.46. The number of ketones is 5. The van der Waals surface area contributed by atoms with Crippen molar-refractivity contribution in [3.63, 3.8) is 0 Å². The molecule has 4 fully saturated rings. The van der Waals surface area contributed by atoms with Crippen LogP contribution in [0.3, 0.4) is 0 Å². The van der Waals surface area contributed by atoms with Crippen molar-refractivity contribution in [1.29, 1.82) is 0 Å². The molecule has 4 aliphatic heterocycles. The number of rotatable bonds is 54. The number of Topliss-reactive ketones (excluding diaryl/α,β-unsaturated/α-hetero) is 5. The number of carbonyl (C=O) groups excluding carboxylic acids is 17. The van der Waals surface area contributed by atoms with E-state index in [4.69, 9.17) is 75.8 Å². The Morgan fingerprint density at radius 3 is 1.01 bits per heavy atom. The summed E-state index contributed by atoms with van der Waals surface area (Å²) in [7, 11) is -3.54. The number of phosphoric ester groups is 1. The molecule has 44 nitrogen and oxygen atoms in total. The first-order chi connectivity index (χ1) is 56.6. The lowest BCUT2D eigenvalue weighted by atomic mass is 9.82. The minimum atomic E-state index is -4.45. The summed E-state index contributed by atoms with van der Waals surface area (Å²) in [4.78, 5) is 225. The van der Waals surface area contributed by atoms with E-state index >= 15 is 0 Å². The average molecular weight is 1740 g/mol. The van der Waals surface area contributed by atoms with Gasteiger partial charge in [0.2, 0.25) is 41.4 Å². The van der Waals surface area contributed by atoms with Gasteiger partial charge in [0.15, 0.2) is 42.5 Å². The van der Waals surface area contributed by atoms with Crippen molar-refractivity contribution in [2.24, 2.45) is 23.7 Å². The van der Waals surface area contributed by atoms with E-state index in [1.54, 1.807) is 13.8 Å². The smallest absolute Gasteiger partial charge is 0.463 e. The predicted octanol–water partition coefficient (Wildman–Crippen LogP) is -1.68. The number of hydrogen-bond donors (Lipinski definition) is 8. The number of carbonyl (C=O) groups is 17. The van der Waals surface area contributed by atoms with Crippen LogP contribution in [0.2, 0.25) is 0 Å². The first kappa shape index (κ1) is 104. The quantitative estimate of drug-likeness (QED) is 0.0111. The topological polar surface area (TPSA) is 578 Å². The van der Waals surface area contributed by atoms with E-state index in [2.05, 4.69) is 46.3 Å². The molecule has 4 rings (SSSR count). The van der Waals surface area contributed by atoms with Crippen LogP contribution in [0.15, 0.2) is 0 Å². The van der Waals surface area contributed by atoms with Crippen LogP contribution >= 0.6 is 7.82 Å². The summed E-state index contributed by atoms with van der Waals surface area (Å²) in [5.74, 6) is -12.1. The van der Waals surface area contributed by atoms with Crippen LogP contribution in [0.5, 0.6) is 0 Å². The molecular formula is C75H118N7O37P. The van der Waals surface area contributed by atoms with Gasteiger partial charge in [-0.25, -0.2) is 4.57 Å². The molecule has 0 radical (unpaired) electrons. The molecule has 680 valence electrons. The van der Waals surface area contributed by atoms with Gasteiger partial charge < -0.3 is 118 Å². The molecule has 21 atom stereocenters. The zero-order valence-corrected chi connectivity index (χ0v) is 71.0. The van der Waals surface area contributed by atoms with Crippen LogP contribution in [0.25, 0.3) is 0 Å². The Kier molecular flexibility index (Phi) is 46.4. The standard InChI is InChI=1S/C75H118N7O37P/c1-39-40(2)64(79-43(5)83)72(116-57(39)36-110-47(9)87)106-25-16-55(95)34-78-63(99)22-29-105-71-67(82-46(8)86)75(109-24-15-52(92)31-53(93)19-30-113-120(100,101)102-14)117-58(35-103-23-20-61(97)76-32-54(94)17-26-107-73-65(80-44(6)84)41(3)68(114-50(12)90)59(118-73)37-111-48(10)88)70(71)104-28-21-62(98)77-33-56(96)18-27-108-74-66(81-45(7)85)42(4)69(115-51(13)91)60(119-74)38-112-49(11)89/h39-42,57-60,64-75H,15-38H2,1-14H3,(H,76,97)(H,77,98)(H,78,99)(H,79,83)(H,80,84)(H,81,85)(H,82,86)(H,100,101)/t39-,40+,41-,42-,57?,58?,59?,60?,64?,65?,66?,67?,68-,69-,70+,71-,72-,73-,74-,75-/m1/s1. The minimum Gasteiger partial charge on any atom is -0.463 e. The van der Waals surface area contributed by atoms with Gasteiger partial charge in [0.05, 0.1) is 110 Å². The number of phosphoric acid groups is 1. The fourth-order valence-corrected chi connectivity index (χ4v) is 13.4. The number of nitrogens with one attached hydrogen (secondary N) is 7. The zero-order valence-electron chi connectivity index (χ0n) is 70.1. The van der Waals surface area contributed by atoms with E-state index in [9.17, 15) is 91.0 Å². The van der Waals surface area contributed by atoms with Crippen molar-refractivity contribution in [2.75, 3.05) is 106 Å². The summed E-state index contributed by atoms with van der Waals surface area (Å²) in [5.41, 5.74) is 0. The Morgan fingerprint density at radius 2 is 0.642 bits per heavy atom. The highest BCUT2D eigenvalue weighted by Crippen LogP contribution is 2.42. The van der Waals surface area contributed by atoms with E-state index in [0.717, 1.165) is 34.8 Å². The summed E-state index contributed by atoms with van der Waals surface area (Å²) in [5, 5.41) is 18.4. The molecule has 9 unspecified atom stereocenters. The number of amides is 7. The van der Waals surface area contributed by atoms with Crippen LogP contribution in [-0.4, -0.2) is 309 Å². The van der Waals surface area contributed by atoms with Crippen LogP contribution in [0.1, 0.15) is 148 Å². The third-order valence-corrected chi connectivity index (χ3v) is 20.1. The van der Waals surface area contributed by atoms with Crippen molar-refractivity contribution in [3.05, 3.63) is 0 Å². The molecule has 0 aromatic carbocycles. The summed E-state index contributed by atoms with van der Waals surface area (Å²) in [6.45, 7) is 11.7. The van der Waals surface area contributed by atoms with Crippen LogP contribution in [0, 0.1) is 23.7 Å². The zero-order chi connectivity index (χ0) is 89.5. The second kappa shape index (κ2) is 53.5. The highest BCUT2D eigenvalue weighted by molar-refractivity contribution is 7.47. The molecule has 7 amide bonds. The Bertz CT molecular complexity index is 3510. The first-order valence-electron chi connectivity index (χ1n) is 39.2. The van der Waals surface area contributed by atoms with Gasteiger partial charge in [-0.3, -0.25) is 90.6 Å². The van der Waals surface area contributed by atoms with Crippen molar-refractivity contribution >= 4 is 108 Å². The molecule has 0 aliphatic carbocycles. The van der Waals surface area contributed by atoms with E-state index < -0.39 is 303 Å². The fraction of sp³-hybridized carbons (Fsp3) is 0.773. The molecule has 4 heterocycles. The Hall–Kier alpha value is -8.34. The summed E-state index contributed by atoms with van der Waals surface area (Å²) < 4.78 is 114. The summed E-state index contributed by atoms with van der Waals surface area (Å²) in [6, 6.07) is -3.90. The van der Waals surface area contributed by atoms with E-state index in [1.807, 2.05) is 13.8 Å². The van der Waals surface area contributed by atoms with Crippen molar-refractivity contribution in [2.45, 2.75) is 246 Å². The van der Waals surface area contributed by atoms with Crippen molar-refractivity contribution < 1.29 is 176 Å². The third-order valence-electron chi connectivity index (χ3n) is 19.2. The maximum Gasteiger partial charge on any atom is 0.471 e. The van der Waals surface area contributed by atoms with Gasteiger partial charge in [0.25, 0.3) is 0 Å². The molecule has 0 saturated carbocycles. The minimum absolute atomic E-state index is 0.0953. The lowest BCUT2D eigenvalue weighted by molar-refractivity contribution is -0.286. The van der Waals surface area contributed by atoms with Gasteiger partial charge in [0, 0.05) is 133 Å². The maximum atomic E-state index is 13.6. The fourth-order valence-electron chi connectivity index (χ4n) is 13.0. The Balaban J connectivity index is 1.55. The van der Waals surface area contributed by atoms with Gasteiger partial charge in [-0.2, -0.15) is 0 Å². The van der Waals surface area contributed by atoms with E-state index in [0.29, 0.717) is 0 Å². The predicted molar refractivity (Wildman–Crippen MR) is 405 cm³/mol. The Morgan fingerprint density at radius 1 is 0.333 bits per heavy atom. The van der Waals surface area contributed by atoms with Crippen LogP contribution < -0.4 is 37.2 Å². The van der Waals surface area contributed by atoms with Gasteiger partial charge >= 0.3 is 37.7 Å². The Labute approximate surface area is 694 Å². The highest BCUT2D eigenvalue weighted by Gasteiger charge is 2.52. The molecule has 0 spiro atoms. The van der Waals surface area contributed by atoms with Gasteiger partial charge in [0.1, 0.15) is 80.2 Å². The molecule has 8 N–H and O–H groups in total. The lowest BCUT2D eigenvalue weighted by Crippen LogP contribution is -2.66. The first-order valence-corrected chi connectivity index (χ1v) is 40.7. The molecule has 0 aromatic rings. The third kappa shape index (κ3) is 38.8. The molecule has 0 aromatic heterocycles. The largest absolute Gasteiger partial charge is 0.471 e. The second-order valence-electron chi connectivity index (χ2n) is 29.0. The van der Waals surface area contributed by atoms with Crippen molar-refractivity contribution in [3.8, 4) is 0 Å². The normalized spacial score (nSPS) is 26.9. The highest BCUT2D eigenvalue weighted by atomic mass is 31.2. The van der Waals surface area contributed by atoms with Crippen LogP contribution in [-0.2, 0) is 171 Å². The number of ether oxygens (including phenoxy) is 16. The van der Waals surface area contributed by atoms with Gasteiger partial charge in [-0.15, -0.1) is 0 Å². The molecule has 120 heavy (non-hydrogen) atoms. The van der Waals surface area contributed by atoms with Gasteiger partial charge in [-0.1, -0.05) is 27.7 Å². The average Bonchev–Trinajstić information content (AvgIpc) is 0.801. The maximum absolute atomic E-state index is 13.6. The summed E-state index contributed by atoms with van der Waals surface area (Å²) in [6.07, 6.45) is -17.8. The monoisotopic (exact) mass is 1740 g/mol. The second-order valence-corrected chi connectivity index (χ2v) is 30.5. The molecule has 45 heteroatoms. The molecular weight excluding hydrogens is 1620 g/mol. The van der Waals surface area contributed by atoms with E-state index in [1.165, 1.54) is 34.6 Å². The molecule has 4 saturated heterocycles. The molecule has 4 aliphatic rings. The summed E-state index contributed by atoms with van der Waals surface area (Å²) >= 11 is 0.